The standard InChI is InChI=1S/C24H32F3N5O2/c1-13(2)7-23-12-31(16-10-33-11-16)9-17(23)21(23)19-6-18(30-32(19)14(3)4)15-5-20(22(28)29-8-15)34-24(25,26)27/h5-6,8,13-14,16-17,21H,7,9-12H2,1-4H3,(H2,28,29). The minimum absolute atomic E-state index is 0.116. The smallest absolute Gasteiger partial charge is 0.402 e. The molecule has 0 aromatic carbocycles. The van der Waals surface area contributed by atoms with Crippen LogP contribution in [-0.2, 0) is 4.74 Å². The Balaban J connectivity index is 1.47. The number of piperidine rings is 1. The summed E-state index contributed by atoms with van der Waals surface area (Å²) < 4.78 is 49.9. The summed E-state index contributed by atoms with van der Waals surface area (Å²) in [7, 11) is 0. The first-order valence-electron chi connectivity index (χ1n) is 11.9. The van der Waals surface area contributed by atoms with Gasteiger partial charge in [-0.25, -0.2) is 4.98 Å². The molecule has 2 aromatic rings. The van der Waals surface area contributed by atoms with E-state index in [2.05, 4.69) is 42.3 Å². The largest absolute Gasteiger partial charge is 0.573 e. The lowest BCUT2D eigenvalue weighted by Gasteiger charge is -2.37. The molecule has 3 unspecified atom stereocenters. The molecule has 3 atom stereocenters. The molecule has 34 heavy (non-hydrogen) atoms. The molecule has 186 valence electrons. The Morgan fingerprint density at radius 1 is 1.24 bits per heavy atom. The van der Waals surface area contributed by atoms with Gasteiger partial charge in [-0.1, -0.05) is 13.8 Å². The monoisotopic (exact) mass is 479 g/mol. The normalized spacial score (nSPS) is 27.3. The van der Waals surface area contributed by atoms with E-state index >= 15 is 0 Å². The lowest BCUT2D eigenvalue weighted by Crippen LogP contribution is -2.49. The number of pyridine rings is 1. The maximum absolute atomic E-state index is 12.8. The number of aromatic nitrogens is 3. The molecule has 3 aliphatic rings. The molecule has 0 amide bonds. The summed E-state index contributed by atoms with van der Waals surface area (Å²) in [5, 5.41) is 4.79. The number of ether oxygens (including phenoxy) is 2. The Bertz CT molecular complexity index is 1070. The lowest BCUT2D eigenvalue weighted by molar-refractivity contribution is -0.274. The average molecular weight is 480 g/mol. The predicted octanol–water partition coefficient (Wildman–Crippen LogP) is 4.47. The van der Waals surface area contributed by atoms with Crippen LogP contribution in [0.5, 0.6) is 5.75 Å². The van der Waals surface area contributed by atoms with Crippen LogP contribution in [0, 0.1) is 17.3 Å². The van der Waals surface area contributed by atoms with E-state index < -0.39 is 12.1 Å². The highest BCUT2D eigenvalue weighted by atomic mass is 19.4. The number of halogens is 3. The molecule has 7 nitrogen and oxygen atoms in total. The van der Waals surface area contributed by atoms with E-state index in [4.69, 9.17) is 15.6 Å². The molecule has 1 saturated carbocycles. The Hall–Kier alpha value is -2.33. The molecule has 2 aromatic heterocycles. The average Bonchev–Trinajstić information content (AvgIpc) is 3.01. The van der Waals surface area contributed by atoms with E-state index in [9.17, 15) is 13.2 Å². The minimum atomic E-state index is -4.84. The van der Waals surface area contributed by atoms with Crippen molar-refractivity contribution in [2.24, 2.45) is 17.3 Å². The van der Waals surface area contributed by atoms with Crippen molar-refractivity contribution in [1.29, 1.82) is 0 Å². The van der Waals surface area contributed by atoms with Crippen molar-refractivity contribution in [3.05, 3.63) is 24.0 Å². The highest BCUT2D eigenvalue weighted by Gasteiger charge is 2.70. The van der Waals surface area contributed by atoms with Gasteiger partial charge >= 0.3 is 6.36 Å². The Morgan fingerprint density at radius 2 is 1.97 bits per heavy atom. The highest BCUT2D eigenvalue weighted by molar-refractivity contribution is 5.64. The molecule has 10 heteroatoms. The second kappa shape index (κ2) is 8.12. The molecule has 2 saturated heterocycles. The molecule has 0 radical (unpaired) electrons. The van der Waals surface area contributed by atoms with Crippen LogP contribution < -0.4 is 10.5 Å². The van der Waals surface area contributed by atoms with Crippen molar-refractivity contribution in [2.75, 3.05) is 32.0 Å². The summed E-state index contributed by atoms with van der Waals surface area (Å²) in [5.41, 5.74) is 8.01. The van der Waals surface area contributed by atoms with Crippen LogP contribution in [0.25, 0.3) is 11.3 Å². The summed E-state index contributed by atoms with van der Waals surface area (Å²) in [5.74, 6) is 0.679. The van der Waals surface area contributed by atoms with Gasteiger partial charge in [0.1, 0.15) is 0 Å². The van der Waals surface area contributed by atoms with Crippen LogP contribution in [0.15, 0.2) is 18.3 Å². The van der Waals surface area contributed by atoms with E-state index in [1.165, 1.54) is 12.3 Å². The molecule has 1 aliphatic carbocycles. The van der Waals surface area contributed by atoms with Gasteiger partial charge in [0.2, 0.25) is 0 Å². The van der Waals surface area contributed by atoms with Crippen LogP contribution >= 0.6 is 0 Å². The van der Waals surface area contributed by atoms with E-state index in [1.54, 1.807) is 0 Å². The second-order valence-corrected chi connectivity index (χ2v) is 10.7. The summed E-state index contributed by atoms with van der Waals surface area (Å²) in [6, 6.07) is 3.93. The van der Waals surface area contributed by atoms with Gasteiger partial charge in [-0.15, -0.1) is 13.2 Å². The first kappa shape index (κ1) is 23.4. The molecule has 0 bridgehead atoms. The number of hydrogen-bond donors (Lipinski definition) is 1. The van der Waals surface area contributed by atoms with Crippen molar-refractivity contribution in [3.63, 3.8) is 0 Å². The Labute approximate surface area is 197 Å². The molecule has 4 heterocycles. The van der Waals surface area contributed by atoms with E-state index in [0.29, 0.717) is 35.1 Å². The van der Waals surface area contributed by atoms with Crippen molar-refractivity contribution in [1.82, 2.24) is 19.7 Å². The van der Waals surface area contributed by atoms with E-state index in [1.807, 2.05) is 10.7 Å². The van der Waals surface area contributed by atoms with Crippen LogP contribution in [0.1, 0.15) is 51.8 Å². The summed E-state index contributed by atoms with van der Waals surface area (Å²) in [6.07, 6.45) is -2.26. The molecular formula is C24H32F3N5O2. The quantitative estimate of drug-likeness (QED) is 0.632. The van der Waals surface area contributed by atoms with Crippen LogP contribution in [0.2, 0.25) is 0 Å². The number of fused-ring (bicyclic) bond motifs is 1. The predicted molar refractivity (Wildman–Crippen MR) is 121 cm³/mol. The summed E-state index contributed by atoms with van der Waals surface area (Å²) in [6.45, 7) is 12.4. The van der Waals surface area contributed by atoms with Gasteiger partial charge in [0.15, 0.2) is 11.6 Å². The highest BCUT2D eigenvalue weighted by Crippen LogP contribution is 2.71. The number of alkyl halides is 3. The van der Waals surface area contributed by atoms with E-state index in [-0.39, 0.29) is 17.3 Å². The van der Waals surface area contributed by atoms with Gasteiger partial charge in [0.05, 0.1) is 24.9 Å². The van der Waals surface area contributed by atoms with Crippen LogP contribution in [0.4, 0.5) is 19.0 Å². The van der Waals surface area contributed by atoms with E-state index in [0.717, 1.165) is 38.4 Å². The fourth-order valence-electron chi connectivity index (χ4n) is 6.09. The van der Waals surface area contributed by atoms with Gasteiger partial charge in [0, 0.05) is 42.5 Å². The minimum Gasteiger partial charge on any atom is -0.402 e. The molecular weight excluding hydrogens is 447 g/mol. The number of likely N-dealkylation sites (tertiary alicyclic amines) is 1. The zero-order valence-electron chi connectivity index (χ0n) is 20.0. The third-order valence-corrected chi connectivity index (χ3v) is 7.48. The summed E-state index contributed by atoms with van der Waals surface area (Å²) >= 11 is 0. The number of hydrogen-bond acceptors (Lipinski definition) is 6. The fraction of sp³-hybridized carbons (Fsp3) is 0.667. The Morgan fingerprint density at radius 3 is 2.56 bits per heavy atom. The third kappa shape index (κ3) is 4.04. The maximum atomic E-state index is 12.8. The zero-order valence-corrected chi connectivity index (χ0v) is 20.0. The van der Waals surface area contributed by atoms with Crippen molar-refractivity contribution in [2.45, 2.75) is 58.5 Å². The molecule has 2 N–H and O–H groups in total. The number of nitrogen functional groups attached to an aromatic ring is 1. The fourth-order valence-corrected chi connectivity index (χ4v) is 6.09. The SMILES string of the molecule is CC(C)CC12CN(C3COC3)CC1C2c1cc(-c2cnc(N)c(OC(F)(F)F)c2)nn1C(C)C. The topological polar surface area (TPSA) is 78.4 Å². The first-order valence-corrected chi connectivity index (χ1v) is 11.9. The number of nitrogens with two attached hydrogens (primary N) is 1. The van der Waals surface area contributed by atoms with Gasteiger partial charge in [-0.2, -0.15) is 5.10 Å². The van der Waals surface area contributed by atoms with Crippen molar-refractivity contribution in [3.8, 4) is 17.0 Å². The van der Waals surface area contributed by atoms with Crippen LogP contribution in [-0.4, -0.2) is 58.4 Å². The lowest BCUT2D eigenvalue weighted by atomic mass is 9.90. The van der Waals surface area contributed by atoms with Gasteiger partial charge in [-0.05, 0) is 49.7 Å². The maximum Gasteiger partial charge on any atom is 0.573 e. The molecule has 3 fully saturated rings. The third-order valence-electron chi connectivity index (χ3n) is 7.48. The van der Waals surface area contributed by atoms with Gasteiger partial charge < -0.3 is 15.2 Å². The summed E-state index contributed by atoms with van der Waals surface area (Å²) in [4.78, 5) is 6.50. The van der Waals surface area contributed by atoms with Crippen LogP contribution in [0.3, 0.4) is 0 Å². The number of anilines is 1. The van der Waals surface area contributed by atoms with Crippen molar-refractivity contribution >= 4 is 5.82 Å². The first-order chi connectivity index (χ1) is 16.0. The molecule has 2 aliphatic heterocycles. The number of nitrogens with zero attached hydrogens (tertiary/aromatic N) is 4. The molecule has 5 rings (SSSR count). The van der Waals surface area contributed by atoms with Crippen molar-refractivity contribution < 1.29 is 22.6 Å². The zero-order chi connectivity index (χ0) is 24.4. The second-order valence-electron chi connectivity index (χ2n) is 10.7. The van der Waals surface area contributed by atoms with Gasteiger partial charge in [0.25, 0.3) is 0 Å². The number of rotatable bonds is 7. The Kier molecular flexibility index (Phi) is 5.59. The molecule has 0 spiro atoms. The van der Waals surface area contributed by atoms with Gasteiger partial charge in [-0.3, -0.25) is 9.58 Å².